The molecule has 0 saturated carbocycles. The molecule has 98 valence electrons. The van der Waals surface area contributed by atoms with Crippen molar-refractivity contribution in [3.8, 4) is 11.8 Å². The molecule has 0 fully saturated rings. The largest absolute Gasteiger partial charge is 0.351 e. The average molecular weight is 264 g/mol. The van der Waals surface area contributed by atoms with Gasteiger partial charge in [-0.3, -0.25) is 4.79 Å². The van der Waals surface area contributed by atoms with Crippen molar-refractivity contribution in [2.45, 2.75) is 33.2 Å². The maximum atomic E-state index is 11.6. The lowest BCUT2D eigenvalue weighted by atomic mass is 10.1. The lowest BCUT2D eigenvalue weighted by Crippen LogP contribution is -2.23. The van der Waals surface area contributed by atoms with Crippen molar-refractivity contribution < 1.29 is 4.79 Å². The standard InChI is InChI=1S/C14H20N2OS/c1-3-11(2)7-14(17)16-9-13-8-12(10-18-13)5-4-6-15/h8,10-11H,3,6-7,9,15H2,1-2H3,(H,16,17). The van der Waals surface area contributed by atoms with E-state index in [-0.39, 0.29) is 5.91 Å². The van der Waals surface area contributed by atoms with E-state index in [1.54, 1.807) is 11.3 Å². The molecule has 0 saturated heterocycles. The second kappa shape index (κ2) is 7.91. The van der Waals surface area contributed by atoms with Crippen molar-refractivity contribution >= 4 is 17.2 Å². The minimum Gasteiger partial charge on any atom is -0.351 e. The van der Waals surface area contributed by atoms with Crippen LogP contribution in [-0.2, 0) is 11.3 Å². The highest BCUT2D eigenvalue weighted by atomic mass is 32.1. The first-order chi connectivity index (χ1) is 8.65. The third-order valence-corrected chi connectivity index (χ3v) is 3.62. The fourth-order valence-corrected chi connectivity index (χ4v) is 2.17. The monoisotopic (exact) mass is 264 g/mol. The molecule has 1 rings (SSSR count). The molecule has 1 amide bonds. The van der Waals surface area contributed by atoms with Crippen LogP contribution in [0.1, 0.15) is 37.1 Å². The molecule has 0 aliphatic heterocycles. The van der Waals surface area contributed by atoms with Crippen LogP contribution in [0.3, 0.4) is 0 Å². The Morgan fingerprint density at radius 2 is 2.39 bits per heavy atom. The van der Waals surface area contributed by atoms with Gasteiger partial charge in [-0.2, -0.15) is 0 Å². The quantitative estimate of drug-likeness (QED) is 0.800. The van der Waals surface area contributed by atoms with Gasteiger partial charge in [-0.25, -0.2) is 0 Å². The van der Waals surface area contributed by atoms with Gasteiger partial charge in [0.1, 0.15) is 0 Å². The van der Waals surface area contributed by atoms with E-state index in [1.165, 1.54) is 0 Å². The lowest BCUT2D eigenvalue weighted by Gasteiger charge is -2.08. The van der Waals surface area contributed by atoms with Crippen LogP contribution in [0.5, 0.6) is 0 Å². The maximum Gasteiger partial charge on any atom is 0.220 e. The molecule has 0 aromatic carbocycles. The molecule has 0 aliphatic carbocycles. The molecule has 4 heteroatoms. The molecule has 0 bridgehead atoms. The topological polar surface area (TPSA) is 55.1 Å². The van der Waals surface area contributed by atoms with Crippen LogP contribution in [-0.4, -0.2) is 12.5 Å². The smallest absolute Gasteiger partial charge is 0.220 e. The fraction of sp³-hybridized carbons (Fsp3) is 0.500. The Kier molecular flexibility index (Phi) is 6.48. The van der Waals surface area contributed by atoms with Crippen LogP contribution in [0.25, 0.3) is 0 Å². The maximum absolute atomic E-state index is 11.6. The van der Waals surface area contributed by atoms with Gasteiger partial charge in [-0.1, -0.05) is 32.1 Å². The van der Waals surface area contributed by atoms with Gasteiger partial charge in [0.15, 0.2) is 0 Å². The summed E-state index contributed by atoms with van der Waals surface area (Å²) in [6, 6.07) is 2.00. The molecule has 3 nitrogen and oxygen atoms in total. The second-order valence-corrected chi connectivity index (χ2v) is 5.30. The Balaban J connectivity index is 2.39. The van der Waals surface area contributed by atoms with Gasteiger partial charge >= 0.3 is 0 Å². The molecule has 1 aromatic rings. The van der Waals surface area contributed by atoms with Crippen LogP contribution in [0.15, 0.2) is 11.4 Å². The van der Waals surface area contributed by atoms with Crippen molar-refractivity contribution in [2.24, 2.45) is 11.7 Å². The zero-order valence-corrected chi connectivity index (χ0v) is 11.8. The molecular weight excluding hydrogens is 244 g/mol. The zero-order valence-electron chi connectivity index (χ0n) is 11.0. The molecule has 1 unspecified atom stereocenters. The Labute approximate surface area is 113 Å². The van der Waals surface area contributed by atoms with E-state index >= 15 is 0 Å². The van der Waals surface area contributed by atoms with Gasteiger partial charge < -0.3 is 11.1 Å². The van der Waals surface area contributed by atoms with E-state index in [1.807, 2.05) is 11.4 Å². The summed E-state index contributed by atoms with van der Waals surface area (Å²) >= 11 is 1.61. The van der Waals surface area contributed by atoms with Crippen LogP contribution in [0.4, 0.5) is 0 Å². The lowest BCUT2D eigenvalue weighted by molar-refractivity contribution is -0.122. The van der Waals surface area contributed by atoms with E-state index in [0.29, 0.717) is 25.4 Å². The first kappa shape index (κ1) is 14.7. The molecule has 0 radical (unpaired) electrons. The third kappa shape index (κ3) is 5.35. The minimum absolute atomic E-state index is 0.118. The summed E-state index contributed by atoms with van der Waals surface area (Å²) in [5.41, 5.74) is 6.28. The van der Waals surface area contributed by atoms with Gasteiger partial charge in [0.25, 0.3) is 0 Å². The van der Waals surface area contributed by atoms with Gasteiger partial charge in [0.2, 0.25) is 5.91 Å². The van der Waals surface area contributed by atoms with Crippen molar-refractivity contribution in [3.63, 3.8) is 0 Å². The summed E-state index contributed by atoms with van der Waals surface area (Å²) in [4.78, 5) is 12.7. The van der Waals surface area contributed by atoms with Crippen molar-refractivity contribution in [3.05, 3.63) is 21.9 Å². The average Bonchev–Trinajstić information content (AvgIpc) is 2.81. The summed E-state index contributed by atoms with van der Waals surface area (Å²) in [6.07, 6.45) is 1.63. The fourth-order valence-electron chi connectivity index (χ4n) is 1.41. The Morgan fingerprint density at radius 1 is 1.61 bits per heavy atom. The molecule has 0 aliphatic rings. The van der Waals surface area contributed by atoms with E-state index in [2.05, 4.69) is 31.0 Å². The molecular formula is C14H20N2OS. The molecule has 18 heavy (non-hydrogen) atoms. The first-order valence-corrected chi connectivity index (χ1v) is 7.06. The highest BCUT2D eigenvalue weighted by Crippen LogP contribution is 2.14. The van der Waals surface area contributed by atoms with Gasteiger partial charge in [0.05, 0.1) is 13.1 Å². The predicted molar refractivity (Wildman–Crippen MR) is 76.2 cm³/mol. The van der Waals surface area contributed by atoms with Crippen molar-refractivity contribution in [1.29, 1.82) is 0 Å². The number of rotatable bonds is 5. The number of nitrogens with one attached hydrogen (secondary N) is 1. The summed E-state index contributed by atoms with van der Waals surface area (Å²) in [7, 11) is 0. The second-order valence-electron chi connectivity index (χ2n) is 4.30. The van der Waals surface area contributed by atoms with Crippen LogP contribution >= 0.6 is 11.3 Å². The summed E-state index contributed by atoms with van der Waals surface area (Å²) < 4.78 is 0. The highest BCUT2D eigenvalue weighted by Gasteiger charge is 2.07. The number of hydrogen-bond donors (Lipinski definition) is 2. The van der Waals surface area contributed by atoms with Crippen LogP contribution in [0, 0.1) is 17.8 Å². The molecule has 1 atom stereocenters. The molecule has 1 aromatic heterocycles. The number of carbonyl (C=O) groups excluding carboxylic acids is 1. The van der Waals surface area contributed by atoms with Gasteiger partial charge in [0, 0.05) is 22.2 Å². The highest BCUT2D eigenvalue weighted by molar-refractivity contribution is 7.10. The normalized spacial score (nSPS) is 11.5. The minimum atomic E-state index is 0.118. The van der Waals surface area contributed by atoms with Gasteiger partial charge in [-0.05, 0) is 12.0 Å². The SMILES string of the molecule is CCC(C)CC(=O)NCc1cc(C#CCN)cs1. The summed E-state index contributed by atoms with van der Waals surface area (Å²) in [5, 5.41) is 4.92. The Bertz CT molecular complexity index is 442. The number of amides is 1. The first-order valence-electron chi connectivity index (χ1n) is 6.18. The van der Waals surface area contributed by atoms with Crippen LogP contribution in [0.2, 0.25) is 0 Å². The molecule has 0 spiro atoms. The zero-order chi connectivity index (χ0) is 13.4. The van der Waals surface area contributed by atoms with E-state index in [0.717, 1.165) is 16.9 Å². The summed E-state index contributed by atoms with van der Waals surface area (Å²) in [6.45, 7) is 5.14. The molecule has 1 heterocycles. The number of carbonyl (C=O) groups is 1. The summed E-state index contributed by atoms with van der Waals surface area (Å²) in [5.74, 6) is 6.35. The number of hydrogen-bond acceptors (Lipinski definition) is 3. The van der Waals surface area contributed by atoms with E-state index in [4.69, 9.17) is 5.73 Å². The van der Waals surface area contributed by atoms with Crippen molar-refractivity contribution in [1.82, 2.24) is 5.32 Å². The van der Waals surface area contributed by atoms with Gasteiger partial charge in [-0.15, -0.1) is 11.3 Å². The van der Waals surface area contributed by atoms with E-state index in [9.17, 15) is 4.79 Å². The Morgan fingerprint density at radius 3 is 3.06 bits per heavy atom. The third-order valence-electron chi connectivity index (χ3n) is 2.68. The number of nitrogens with two attached hydrogens (primary N) is 1. The molecule has 3 N–H and O–H groups in total. The number of thiophene rings is 1. The Hall–Kier alpha value is -1.31. The van der Waals surface area contributed by atoms with E-state index < -0.39 is 0 Å². The van der Waals surface area contributed by atoms with Crippen LogP contribution < -0.4 is 11.1 Å². The van der Waals surface area contributed by atoms with Crippen molar-refractivity contribution in [2.75, 3.05) is 6.54 Å². The predicted octanol–water partition coefficient (Wildman–Crippen LogP) is 2.11.